The fourth-order valence-corrected chi connectivity index (χ4v) is 5.38. The number of carbonyl (C=O) groups excluding carboxylic acids is 2. The van der Waals surface area contributed by atoms with Crippen molar-refractivity contribution in [3.05, 3.63) is 58.1 Å². The van der Waals surface area contributed by atoms with Crippen molar-refractivity contribution in [3.63, 3.8) is 0 Å². The predicted molar refractivity (Wildman–Crippen MR) is 115 cm³/mol. The number of rotatable bonds is 5. The van der Waals surface area contributed by atoms with Crippen LogP contribution in [0.3, 0.4) is 0 Å². The van der Waals surface area contributed by atoms with Gasteiger partial charge in [-0.15, -0.1) is 0 Å². The van der Waals surface area contributed by atoms with E-state index in [-0.39, 0.29) is 35.6 Å². The van der Waals surface area contributed by atoms with E-state index in [2.05, 4.69) is 21.2 Å². The van der Waals surface area contributed by atoms with Crippen LogP contribution in [-0.4, -0.2) is 37.5 Å². The van der Waals surface area contributed by atoms with Gasteiger partial charge in [0.05, 0.1) is 4.90 Å². The van der Waals surface area contributed by atoms with Gasteiger partial charge in [-0.1, -0.05) is 28.1 Å². The van der Waals surface area contributed by atoms with E-state index >= 15 is 0 Å². The highest BCUT2D eigenvalue weighted by molar-refractivity contribution is 9.10. The van der Waals surface area contributed by atoms with E-state index in [1.165, 1.54) is 23.4 Å². The van der Waals surface area contributed by atoms with E-state index in [1.54, 1.807) is 12.1 Å². The summed E-state index contributed by atoms with van der Waals surface area (Å²) in [5.41, 5.74) is 2.08. The average Bonchev–Trinajstić information content (AvgIpc) is 2.70. The summed E-state index contributed by atoms with van der Waals surface area (Å²) in [6.45, 7) is 3.86. The zero-order valence-corrected chi connectivity index (χ0v) is 18.7. The van der Waals surface area contributed by atoms with Crippen LogP contribution < -0.4 is 5.32 Å². The molecule has 0 bridgehead atoms. The first-order chi connectivity index (χ1) is 13.7. The highest BCUT2D eigenvalue weighted by atomic mass is 79.9. The van der Waals surface area contributed by atoms with Gasteiger partial charge >= 0.3 is 0 Å². The molecule has 29 heavy (non-hydrogen) atoms. The summed E-state index contributed by atoms with van der Waals surface area (Å²) in [6.07, 6.45) is 0.903. The maximum Gasteiger partial charge on any atom is 0.243 e. The molecule has 1 saturated heterocycles. The first-order valence-corrected chi connectivity index (χ1v) is 11.6. The Morgan fingerprint density at radius 3 is 2.41 bits per heavy atom. The van der Waals surface area contributed by atoms with Crippen molar-refractivity contribution in [2.45, 2.75) is 31.6 Å². The number of amides is 1. The molecular weight excluding hydrogens is 456 g/mol. The van der Waals surface area contributed by atoms with Crippen molar-refractivity contribution in [3.8, 4) is 0 Å². The Labute approximate surface area is 179 Å². The van der Waals surface area contributed by atoms with Crippen molar-refractivity contribution in [1.29, 1.82) is 0 Å². The molecule has 2 aromatic rings. The number of nitrogens with zero attached hydrogens (tertiary/aromatic N) is 1. The van der Waals surface area contributed by atoms with Crippen LogP contribution in [0.5, 0.6) is 0 Å². The summed E-state index contributed by atoms with van der Waals surface area (Å²) >= 11 is 3.40. The number of nitrogens with one attached hydrogen (secondary N) is 1. The van der Waals surface area contributed by atoms with Crippen LogP contribution in [0.2, 0.25) is 0 Å². The van der Waals surface area contributed by atoms with E-state index in [4.69, 9.17) is 0 Å². The Hall–Kier alpha value is -2.03. The molecule has 0 saturated carbocycles. The van der Waals surface area contributed by atoms with Crippen LogP contribution in [0.25, 0.3) is 0 Å². The molecule has 1 fully saturated rings. The molecule has 0 unspecified atom stereocenters. The lowest BCUT2D eigenvalue weighted by atomic mass is 9.97. The molecule has 6 nitrogen and oxygen atoms in total. The number of anilines is 1. The molecule has 3 rings (SSSR count). The first-order valence-electron chi connectivity index (χ1n) is 9.36. The molecular formula is C21H23BrN2O4S. The van der Waals surface area contributed by atoms with Crippen molar-refractivity contribution in [2.75, 3.05) is 18.4 Å². The van der Waals surface area contributed by atoms with Crippen LogP contribution in [-0.2, 0) is 14.8 Å². The minimum Gasteiger partial charge on any atom is -0.326 e. The third kappa shape index (κ3) is 4.94. The Balaban J connectivity index is 1.65. The smallest absolute Gasteiger partial charge is 0.243 e. The molecule has 0 aromatic heterocycles. The lowest BCUT2D eigenvalue weighted by Gasteiger charge is -2.30. The Morgan fingerprint density at radius 2 is 1.79 bits per heavy atom. The van der Waals surface area contributed by atoms with Crippen molar-refractivity contribution >= 4 is 43.3 Å². The van der Waals surface area contributed by atoms with Gasteiger partial charge in [-0.2, -0.15) is 4.31 Å². The molecule has 1 N–H and O–H groups in total. The fourth-order valence-electron chi connectivity index (χ4n) is 3.39. The topological polar surface area (TPSA) is 83.6 Å². The van der Waals surface area contributed by atoms with E-state index in [0.717, 1.165) is 15.7 Å². The lowest BCUT2D eigenvalue weighted by Crippen LogP contribution is -2.41. The number of halogens is 1. The second-order valence-electron chi connectivity index (χ2n) is 7.21. The summed E-state index contributed by atoms with van der Waals surface area (Å²) in [5.74, 6) is -0.514. The van der Waals surface area contributed by atoms with E-state index < -0.39 is 10.0 Å². The minimum absolute atomic E-state index is 0.0916. The van der Waals surface area contributed by atoms with Crippen LogP contribution in [0, 0.1) is 12.8 Å². The summed E-state index contributed by atoms with van der Waals surface area (Å²) in [6, 6.07) is 11.7. The number of benzene rings is 2. The molecule has 0 spiro atoms. The van der Waals surface area contributed by atoms with Crippen LogP contribution in [0.1, 0.15) is 35.7 Å². The van der Waals surface area contributed by atoms with Gasteiger partial charge in [0.15, 0.2) is 5.78 Å². The number of aryl methyl sites for hydroxylation is 1. The molecule has 154 valence electrons. The molecule has 1 aliphatic rings. The quantitative estimate of drug-likeness (QED) is 0.658. The Kier molecular flexibility index (Phi) is 6.55. The number of ketones is 1. The summed E-state index contributed by atoms with van der Waals surface area (Å²) < 4.78 is 28.2. The maximum absolute atomic E-state index is 12.9. The second kappa shape index (κ2) is 8.77. The van der Waals surface area contributed by atoms with Crippen LogP contribution in [0.4, 0.5) is 5.69 Å². The normalized spacial score (nSPS) is 15.8. The van der Waals surface area contributed by atoms with Gasteiger partial charge in [-0.3, -0.25) is 9.59 Å². The number of hydrogen-bond donors (Lipinski definition) is 1. The molecule has 8 heteroatoms. The third-order valence-corrected chi connectivity index (χ3v) is 7.54. The van der Waals surface area contributed by atoms with Crippen molar-refractivity contribution < 1.29 is 18.0 Å². The van der Waals surface area contributed by atoms with Gasteiger partial charge in [0, 0.05) is 34.7 Å². The average molecular weight is 479 g/mol. The number of carbonyl (C=O) groups is 2. The second-order valence-corrected chi connectivity index (χ2v) is 10.1. The summed E-state index contributed by atoms with van der Waals surface area (Å²) in [7, 11) is -3.69. The standard InChI is InChI=1S/C21H23BrN2O4S/c1-14-12-18(22)6-7-20(14)23-21(26)16-8-10-24(11-9-16)29(27,28)19-5-3-4-17(13-19)15(2)25/h3-7,12-13,16H,8-11H2,1-2H3,(H,23,26). The van der Waals surface area contributed by atoms with Gasteiger partial charge in [-0.05, 0) is 62.6 Å². The van der Waals surface area contributed by atoms with Gasteiger partial charge in [0.2, 0.25) is 15.9 Å². The summed E-state index contributed by atoms with van der Waals surface area (Å²) in [4.78, 5) is 24.3. The van der Waals surface area contributed by atoms with Crippen LogP contribution >= 0.6 is 15.9 Å². The van der Waals surface area contributed by atoms with Gasteiger partial charge in [-0.25, -0.2) is 8.42 Å². The van der Waals surface area contributed by atoms with E-state index in [1.807, 2.05) is 25.1 Å². The monoisotopic (exact) mass is 478 g/mol. The van der Waals surface area contributed by atoms with E-state index in [0.29, 0.717) is 18.4 Å². The van der Waals surface area contributed by atoms with Gasteiger partial charge in [0.1, 0.15) is 0 Å². The highest BCUT2D eigenvalue weighted by Crippen LogP contribution is 2.26. The fraction of sp³-hybridized carbons (Fsp3) is 0.333. The Bertz CT molecular complexity index is 1040. The molecule has 2 aromatic carbocycles. The summed E-state index contributed by atoms with van der Waals surface area (Å²) in [5, 5.41) is 2.95. The van der Waals surface area contributed by atoms with Crippen molar-refractivity contribution in [2.24, 2.45) is 5.92 Å². The van der Waals surface area contributed by atoms with E-state index in [9.17, 15) is 18.0 Å². The van der Waals surface area contributed by atoms with Gasteiger partial charge < -0.3 is 5.32 Å². The Morgan fingerprint density at radius 1 is 1.10 bits per heavy atom. The zero-order chi connectivity index (χ0) is 21.2. The molecule has 0 radical (unpaired) electrons. The largest absolute Gasteiger partial charge is 0.326 e. The maximum atomic E-state index is 12.9. The number of piperidine rings is 1. The minimum atomic E-state index is -3.69. The van der Waals surface area contributed by atoms with Gasteiger partial charge in [0.25, 0.3) is 0 Å². The molecule has 0 aliphatic carbocycles. The van der Waals surface area contributed by atoms with Crippen molar-refractivity contribution in [1.82, 2.24) is 4.31 Å². The van der Waals surface area contributed by atoms with Crippen LogP contribution in [0.15, 0.2) is 51.8 Å². The molecule has 1 amide bonds. The SMILES string of the molecule is CC(=O)c1cccc(S(=O)(=O)N2CCC(C(=O)Nc3ccc(Br)cc3C)CC2)c1. The predicted octanol–water partition coefficient (Wildman–Crippen LogP) is 4.00. The third-order valence-electron chi connectivity index (χ3n) is 5.15. The number of Topliss-reactive ketones (excluding diaryl/α,β-unsaturated/α-hetero) is 1. The molecule has 0 atom stereocenters. The first kappa shape index (κ1) is 21.7. The highest BCUT2D eigenvalue weighted by Gasteiger charge is 2.32. The lowest BCUT2D eigenvalue weighted by molar-refractivity contribution is -0.120. The number of sulfonamides is 1. The molecule has 1 heterocycles. The molecule has 1 aliphatic heterocycles. The zero-order valence-electron chi connectivity index (χ0n) is 16.3. The number of hydrogen-bond acceptors (Lipinski definition) is 4.